The Balaban J connectivity index is 1.57. The van der Waals surface area contributed by atoms with Crippen molar-refractivity contribution in [2.45, 2.75) is 44.0 Å². The predicted octanol–water partition coefficient (Wildman–Crippen LogP) is 4.40. The number of rotatable bonds is 7. The molecule has 2 aromatic rings. The van der Waals surface area contributed by atoms with E-state index in [0.29, 0.717) is 23.8 Å². The third-order valence-corrected chi connectivity index (χ3v) is 5.87. The summed E-state index contributed by atoms with van der Waals surface area (Å²) in [5, 5.41) is 2.51. The van der Waals surface area contributed by atoms with Crippen LogP contribution in [0.25, 0.3) is 0 Å². The van der Waals surface area contributed by atoms with Crippen LogP contribution in [-0.4, -0.2) is 42.5 Å². The number of anilines is 1. The monoisotopic (exact) mass is 498 g/mol. The van der Waals surface area contributed by atoms with Crippen LogP contribution in [0.1, 0.15) is 40.9 Å². The molecule has 2 atom stereocenters. The summed E-state index contributed by atoms with van der Waals surface area (Å²) in [6.07, 6.45) is -4.71. The number of aryl methyl sites for hydroxylation is 1. The lowest BCUT2D eigenvalue weighted by Crippen LogP contribution is -2.48. The summed E-state index contributed by atoms with van der Waals surface area (Å²) >= 11 is 0. The lowest BCUT2D eigenvalue weighted by atomic mass is 9.84. The van der Waals surface area contributed by atoms with Crippen LogP contribution in [0, 0.1) is 18.7 Å². The number of carbonyl (C=O) groups is 1. The molecule has 1 aromatic heterocycles. The van der Waals surface area contributed by atoms with Crippen molar-refractivity contribution in [3.05, 3.63) is 53.1 Å². The molecular formula is C23H23F5N4O3. The number of nitrogens with two attached hydrogens (primary N) is 1. The third kappa shape index (κ3) is 5.46. The first-order valence-corrected chi connectivity index (χ1v) is 10.9. The van der Waals surface area contributed by atoms with Crippen molar-refractivity contribution in [2.24, 2.45) is 16.6 Å². The molecule has 0 radical (unpaired) electrons. The standard InChI is InChI=1S/C23H23F5N4O3/c1-12-6-15(34-10-13-2-3-13)9-30-19(12)20(33)31-14-4-5-17(25)16(7-14)22(11-24)8-18(23(26,27)28)35-21(29)32-22/h4-7,9,13,18H,2-3,8,10-11H2,1H3,(H2,29,32)(H,31,33). The number of benzene rings is 1. The Kier molecular flexibility index (Phi) is 6.56. The second-order valence-corrected chi connectivity index (χ2v) is 8.71. The van der Waals surface area contributed by atoms with E-state index in [1.54, 1.807) is 13.0 Å². The maximum Gasteiger partial charge on any atom is 0.425 e. The van der Waals surface area contributed by atoms with E-state index in [1.165, 1.54) is 12.3 Å². The van der Waals surface area contributed by atoms with Crippen LogP contribution in [0.2, 0.25) is 0 Å². The molecule has 1 aromatic carbocycles. The Morgan fingerprint density at radius 2 is 2.06 bits per heavy atom. The Morgan fingerprint density at radius 3 is 2.69 bits per heavy atom. The largest absolute Gasteiger partial charge is 0.492 e. The molecule has 1 fully saturated rings. The van der Waals surface area contributed by atoms with E-state index < -0.39 is 54.2 Å². The number of ether oxygens (including phenoxy) is 2. The fourth-order valence-corrected chi connectivity index (χ4v) is 3.80. The highest BCUT2D eigenvalue weighted by Gasteiger charge is 2.52. The van der Waals surface area contributed by atoms with Gasteiger partial charge in [-0.2, -0.15) is 13.2 Å². The third-order valence-electron chi connectivity index (χ3n) is 5.87. The van der Waals surface area contributed by atoms with Crippen molar-refractivity contribution in [3.63, 3.8) is 0 Å². The van der Waals surface area contributed by atoms with Crippen LogP contribution >= 0.6 is 0 Å². The first-order valence-electron chi connectivity index (χ1n) is 10.9. The minimum atomic E-state index is -4.87. The Morgan fingerprint density at radius 1 is 1.31 bits per heavy atom. The molecule has 35 heavy (non-hydrogen) atoms. The van der Waals surface area contributed by atoms with Gasteiger partial charge in [-0.3, -0.25) is 4.79 Å². The number of pyridine rings is 1. The van der Waals surface area contributed by atoms with Crippen LogP contribution in [0.3, 0.4) is 0 Å². The average Bonchev–Trinajstić information content (AvgIpc) is 3.62. The number of amidine groups is 1. The summed E-state index contributed by atoms with van der Waals surface area (Å²) in [4.78, 5) is 20.6. The van der Waals surface area contributed by atoms with E-state index in [-0.39, 0.29) is 11.4 Å². The van der Waals surface area contributed by atoms with Gasteiger partial charge in [0, 0.05) is 17.7 Å². The number of amides is 1. The first kappa shape index (κ1) is 24.7. The van der Waals surface area contributed by atoms with Crippen molar-refractivity contribution in [2.75, 3.05) is 18.6 Å². The van der Waals surface area contributed by atoms with Crippen molar-refractivity contribution in [3.8, 4) is 5.75 Å². The molecule has 3 N–H and O–H groups in total. The molecule has 1 aliphatic heterocycles. The van der Waals surface area contributed by atoms with Crippen LogP contribution in [0.5, 0.6) is 5.75 Å². The Labute approximate surface area is 197 Å². The number of hydrogen-bond acceptors (Lipinski definition) is 6. The summed E-state index contributed by atoms with van der Waals surface area (Å²) in [5.74, 6) is -0.591. The van der Waals surface area contributed by atoms with Gasteiger partial charge in [0.05, 0.1) is 12.8 Å². The molecule has 7 nitrogen and oxygen atoms in total. The van der Waals surface area contributed by atoms with Crippen molar-refractivity contribution >= 4 is 17.6 Å². The number of aromatic nitrogens is 1. The molecule has 0 bridgehead atoms. The highest BCUT2D eigenvalue weighted by atomic mass is 19.4. The van der Waals surface area contributed by atoms with E-state index in [4.69, 9.17) is 10.5 Å². The van der Waals surface area contributed by atoms with E-state index in [9.17, 15) is 26.7 Å². The van der Waals surface area contributed by atoms with Gasteiger partial charge in [-0.05, 0) is 55.5 Å². The molecule has 4 rings (SSSR count). The van der Waals surface area contributed by atoms with Gasteiger partial charge in [0.25, 0.3) is 11.9 Å². The van der Waals surface area contributed by atoms with Crippen molar-refractivity contribution < 1.29 is 36.2 Å². The summed E-state index contributed by atoms with van der Waals surface area (Å²) < 4.78 is 78.8. The van der Waals surface area contributed by atoms with Gasteiger partial charge < -0.3 is 20.5 Å². The van der Waals surface area contributed by atoms with E-state index in [0.717, 1.165) is 25.0 Å². The zero-order chi connectivity index (χ0) is 25.4. The average molecular weight is 498 g/mol. The van der Waals surface area contributed by atoms with Crippen LogP contribution in [0.4, 0.5) is 27.6 Å². The van der Waals surface area contributed by atoms with Gasteiger partial charge in [0.15, 0.2) is 6.10 Å². The molecule has 1 amide bonds. The minimum Gasteiger partial charge on any atom is -0.492 e. The highest BCUT2D eigenvalue weighted by molar-refractivity contribution is 6.03. The normalized spacial score (nSPS) is 22.2. The van der Waals surface area contributed by atoms with Crippen LogP contribution < -0.4 is 15.8 Å². The summed E-state index contributed by atoms with van der Waals surface area (Å²) in [5.41, 5.74) is 3.21. The first-order chi connectivity index (χ1) is 16.5. The van der Waals surface area contributed by atoms with Gasteiger partial charge in [0.1, 0.15) is 29.5 Å². The van der Waals surface area contributed by atoms with Crippen LogP contribution in [0.15, 0.2) is 35.5 Å². The predicted molar refractivity (Wildman–Crippen MR) is 116 cm³/mol. The smallest absolute Gasteiger partial charge is 0.425 e. The maximum atomic E-state index is 14.7. The number of halogens is 5. The van der Waals surface area contributed by atoms with E-state index in [1.807, 2.05) is 0 Å². The maximum absolute atomic E-state index is 14.7. The van der Waals surface area contributed by atoms with Gasteiger partial charge in [-0.1, -0.05) is 0 Å². The lowest BCUT2D eigenvalue weighted by molar-refractivity contribution is -0.209. The van der Waals surface area contributed by atoms with Gasteiger partial charge >= 0.3 is 6.18 Å². The Hall–Kier alpha value is -3.44. The molecule has 2 unspecified atom stereocenters. The van der Waals surface area contributed by atoms with Crippen molar-refractivity contribution in [1.29, 1.82) is 0 Å². The number of alkyl halides is 4. The quantitative estimate of drug-likeness (QED) is 0.552. The fourth-order valence-electron chi connectivity index (χ4n) is 3.80. The van der Waals surface area contributed by atoms with Crippen LogP contribution in [-0.2, 0) is 10.3 Å². The molecule has 188 valence electrons. The van der Waals surface area contributed by atoms with E-state index in [2.05, 4.69) is 20.0 Å². The minimum absolute atomic E-state index is 0.0123. The zero-order valence-electron chi connectivity index (χ0n) is 18.7. The topological polar surface area (TPSA) is 98.8 Å². The summed E-state index contributed by atoms with van der Waals surface area (Å²) in [6.45, 7) is 0.770. The molecule has 0 saturated heterocycles. The number of aliphatic imine (C=N–C) groups is 1. The zero-order valence-corrected chi connectivity index (χ0v) is 18.7. The number of nitrogens with zero attached hydrogens (tertiary/aromatic N) is 2. The number of nitrogens with one attached hydrogen (secondary N) is 1. The van der Waals surface area contributed by atoms with Crippen molar-refractivity contribution in [1.82, 2.24) is 4.98 Å². The van der Waals surface area contributed by atoms with E-state index >= 15 is 0 Å². The number of carbonyl (C=O) groups excluding carboxylic acids is 1. The SMILES string of the molecule is Cc1cc(OCC2CC2)cnc1C(=O)Nc1ccc(F)c(C2(CF)CC(C(F)(F)F)OC(N)=N2)c1. The lowest BCUT2D eigenvalue weighted by Gasteiger charge is -2.36. The summed E-state index contributed by atoms with van der Waals surface area (Å²) in [7, 11) is 0. The molecule has 2 heterocycles. The second kappa shape index (κ2) is 9.31. The molecule has 1 aliphatic carbocycles. The molecule has 12 heteroatoms. The summed E-state index contributed by atoms with van der Waals surface area (Å²) in [6, 6.07) is 3.88. The second-order valence-electron chi connectivity index (χ2n) is 8.71. The Bertz CT molecular complexity index is 1150. The molecule has 0 spiro atoms. The molecule has 1 saturated carbocycles. The fraction of sp³-hybridized carbons (Fsp3) is 0.435. The molecular weight excluding hydrogens is 475 g/mol. The van der Waals surface area contributed by atoms with Gasteiger partial charge in [-0.15, -0.1) is 0 Å². The highest BCUT2D eigenvalue weighted by Crippen LogP contribution is 2.42. The van der Waals surface area contributed by atoms with Gasteiger partial charge in [-0.25, -0.2) is 18.8 Å². The number of hydrogen-bond donors (Lipinski definition) is 2. The van der Waals surface area contributed by atoms with Gasteiger partial charge in [0.2, 0.25) is 0 Å². The molecule has 2 aliphatic rings.